The first-order valence-corrected chi connectivity index (χ1v) is 6.87. The maximum Gasteiger partial charge on any atom is 0.142 e. The van der Waals surface area contributed by atoms with E-state index in [1.54, 1.807) is 6.07 Å². The molecule has 1 unspecified atom stereocenters. The zero-order valence-electron chi connectivity index (χ0n) is 11.4. The van der Waals surface area contributed by atoms with Crippen molar-refractivity contribution in [3.05, 3.63) is 70.2 Å². The van der Waals surface area contributed by atoms with E-state index in [-0.39, 0.29) is 5.02 Å². The van der Waals surface area contributed by atoms with E-state index in [1.807, 2.05) is 31.2 Å². The van der Waals surface area contributed by atoms with Crippen LogP contribution in [0.15, 0.2) is 46.9 Å². The molecule has 0 radical (unpaired) electrons. The van der Waals surface area contributed by atoms with Gasteiger partial charge in [0.05, 0.1) is 5.02 Å². The molecule has 0 aliphatic heterocycles. The van der Waals surface area contributed by atoms with Crippen molar-refractivity contribution < 1.29 is 8.81 Å². The molecule has 5 heteroatoms. The predicted octanol–water partition coefficient (Wildman–Crippen LogP) is 4.09. The van der Waals surface area contributed by atoms with E-state index in [9.17, 15) is 4.39 Å². The first-order valence-electron chi connectivity index (χ1n) is 6.49. The van der Waals surface area contributed by atoms with Gasteiger partial charge < -0.3 is 4.42 Å². The molecule has 108 valence electrons. The van der Waals surface area contributed by atoms with Gasteiger partial charge in [0.25, 0.3) is 0 Å². The number of aryl methyl sites for hydroxylation is 1. The van der Waals surface area contributed by atoms with Crippen molar-refractivity contribution >= 4 is 22.6 Å². The van der Waals surface area contributed by atoms with E-state index in [0.717, 1.165) is 16.5 Å². The summed E-state index contributed by atoms with van der Waals surface area (Å²) in [5, 5.41) is 1.06. The van der Waals surface area contributed by atoms with Crippen molar-refractivity contribution in [2.45, 2.75) is 13.0 Å². The maximum atomic E-state index is 13.6. The van der Waals surface area contributed by atoms with Crippen LogP contribution >= 0.6 is 11.6 Å². The fourth-order valence-corrected chi connectivity index (χ4v) is 2.48. The highest BCUT2D eigenvalue weighted by atomic mass is 35.5. The summed E-state index contributed by atoms with van der Waals surface area (Å²) in [5.74, 6) is 5.75. The second-order valence-corrected chi connectivity index (χ2v) is 5.37. The number of nitrogens with two attached hydrogens (primary N) is 1. The van der Waals surface area contributed by atoms with Crippen LogP contribution in [0.4, 0.5) is 4.39 Å². The van der Waals surface area contributed by atoms with Crippen LogP contribution in [-0.4, -0.2) is 0 Å². The molecule has 1 atom stereocenters. The Bertz CT molecular complexity index is 800. The molecular weight excluding hydrogens is 291 g/mol. The number of benzene rings is 2. The molecule has 21 heavy (non-hydrogen) atoms. The maximum absolute atomic E-state index is 13.6. The van der Waals surface area contributed by atoms with E-state index >= 15 is 0 Å². The van der Waals surface area contributed by atoms with Gasteiger partial charge >= 0.3 is 0 Å². The van der Waals surface area contributed by atoms with Crippen LogP contribution in [0.2, 0.25) is 5.02 Å². The van der Waals surface area contributed by atoms with Gasteiger partial charge in [0, 0.05) is 5.39 Å². The molecule has 3 N–H and O–H groups in total. The monoisotopic (exact) mass is 304 g/mol. The van der Waals surface area contributed by atoms with Crippen molar-refractivity contribution in [3.8, 4) is 0 Å². The van der Waals surface area contributed by atoms with Crippen molar-refractivity contribution in [1.29, 1.82) is 0 Å². The van der Waals surface area contributed by atoms with Crippen molar-refractivity contribution in [2.24, 2.45) is 5.84 Å². The molecule has 1 aromatic heterocycles. The Morgan fingerprint density at radius 3 is 2.71 bits per heavy atom. The van der Waals surface area contributed by atoms with E-state index in [4.69, 9.17) is 21.9 Å². The van der Waals surface area contributed by atoms with E-state index in [1.165, 1.54) is 12.1 Å². The van der Waals surface area contributed by atoms with Crippen LogP contribution in [0.5, 0.6) is 0 Å². The third kappa shape index (κ3) is 2.65. The third-order valence-electron chi connectivity index (χ3n) is 3.42. The minimum absolute atomic E-state index is 0.0785. The minimum atomic E-state index is -0.485. The third-order valence-corrected chi connectivity index (χ3v) is 3.73. The van der Waals surface area contributed by atoms with Crippen LogP contribution in [0.25, 0.3) is 11.0 Å². The number of furan rings is 1. The van der Waals surface area contributed by atoms with Crippen molar-refractivity contribution in [1.82, 2.24) is 5.43 Å². The Labute approximate surface area is 126 Å². The number of nitrogens with one attached hydrogen (secondary N) is 1. The number of fused-ring (bicyclic) bond motifs is 1. The molecule has 0 saturated heterocycles. The number of rotatable bonds is 3. The molecular formula is C16H14ClFN2O. The molecule has 3 nitrogen and oxygen atoms in total. The molecule has 0 bridgehead atoms. The quantitative estimate of drug-likeness (QED) is 0.566. The number of hydrazine groups is 1. The van der Waals surface area contributed by atoms with Gasteiger partial charge in [-0.25, -0.2) is 9.82 Å². The summed E-state index contributed by atoms with van der Waals surface area (Å²) in [6.07, 6.45) is 0. The molecule has 2 aromatic carbocycles. The van der Waals surface area contributed by atoms with Gasteiger partial charge in [0.15, 0.2) is 0 Å². The zero-order chi connectivity index (χ0) is 15.0. The molecule has 0 amide bonds. The highest BCUT2D eigenvalue weighted by Crippen LogP contribution is 2.29. The predicted molar refractivity (Wildman–Crippen MR) is 81.5 cm³/mol. The molecule has 0 spiro atoms. The minimum Gasteiger partial charge on any atom is -0.459 e. The summed E-state index contributed by atoms with van der Waals surface area (Å²) in [6, 6.07) is 11.9. The largest absolute Gasteiger partial charge is 0.459 e. The lowest BCUT2D eigenvalue weighted by Crippen LogP contribution is -2.28. The van der Waals surface area contributed by atoms with Gasteiger partial charge in [0.2, 0.25) is 0 Å². The number of hydrogen-bond donors (Lipinski definition) is 2. The topological polar surface area (TPSA) is 51.2 Å². The van der Waals surface area contributed by atoms with Gasteiger partial charge in [-0.2, -0.15) is 0 Å². The van der Waals surface area contributed by atoms with Crippen molar-refractivity contribution in [2.75, 3.05) is 0 Å². The molecule has 1 heterocycles. The lowest BCUT2D eigenvalue weighted by molar-refractivity contribution is 0.475. The first-order chi connectivity index (χ1) is 10.1. The summed E-state index contributed by atoms with van der Waals surface area (Å²) < 4.78 is 19.4. The smallest absolute Gasteiger partial charge is 0.142 e. The average Bonchev–Trinajstić information content (AvgIpc) is 2.86. The molecule has 0 saturated carbocycles. The Morgan fingerprint density at radius 1 is 1.19 bits per heavy atom. The number of halogens is 2. The zero-order valence-corrected chi connectivity index (χ0v) is 12.1. The second-order valence-electron chi connectivity index (χ2n) is 4.96. The van der Waals surface area contributed by atoms with Crippen LogP contribution in [0, 0.1) is 12.7 Å². The SMILES string of the molecule is Cc1ccc2oc(C(NN)c3ccc(Cl)c(F)c3)cc2c1. The normalized spacial score (nSPS) is 12.8. The molecule has 0 aliphatic rings. The van der Waals surface area contributed by atoms with E-state index < -0.39 is 11.9 Å². The summed E-state index contributed by atoms with van der Waals surface area (Å²) >= 11 is 5.71. The average molecular weight is 305 g/mol. The van der Waals surface area contributed by atoms with E-state index in [2.05, 4.69) is 5.43 Å². The Balaban J connectivity index is 2.06. The highest BCUT2D eigenvalue weighted by molar-refractivity contribution is 6.30. The van der Waals surface area contributed by atoms with Gasteiger partial charge in [0.1, 0.15) is 23.2 Å². The van der Waals surface area contributed by atoms with Crippen LogP contribution in [0.1, 0.15) is 22.9 Å². The lowest BCUT2D eigenvalue weighted by atomic mass is 10.0. The Morgan fingerprint density at radius 2 is 2.00 bits per heavy atom. The molecule has 0 fully saturated rings. The fraction of sp³-hybridized carbons (Fsp3) is 0.125. The van der Waals surface area contributed by atoms with Gasteiger partial charge in [-0.1, -0.05) is 29.3 Å². The summed E-state index contributed by atoms with van der Waals surface area (Å²) in [4.78, 5) is 0. The van der Waals surface area contributed by atoms with Crippen molar-refractivity contribution in [3.63, 3.8) is 0 Å². The Hall–Kier alpha value is -1.88. The summed E-state index contributed by atoms with van der Waals surface area (Å²) in [6.45, 7) is 2.01. The molecule has 0 aliphatic carbocycles. The lowest BCUT2D eigenvalue weighted by Gasteiger charge is -2.14. The van der Waals surface area contributed by atoms with Gasteiger partial charge in [-0.15, -0.1) is 0 Å². The molecule has 3 rings (SSSR count). The van der Waals surface area contributed by atoms with Crippen LogP contribution in [-0.2, 0) is 0 Å². The Kier molecular flexibility index (Phi) is 3.68. The van der Waals surface area contributed by atoms with Gasteiger partial charge in [-0.05, 0) is 42.8 Å². The van der Waals surface area contributed by atoms with E-state index in [0.29, 0.717) is 11.3 Å². The number of hydrogen-bond acceptors (Lipinski definition) is 3. The molecule has 3 aromatic rings. The van der Waals surface area contributed by atoms with Crippen LogP contribution in [0.3, 0.4) is 0 Å². The van der Waals surface area contributed by atoms with Crippen LogP contribution < -0.4 is 11.3 Å². The summed E-state index contributed by atoms with van der Waals surface area (Å²) in [7, 11) is 0. The standard InChI is InChI=1S/C16H14ClFN2O/c1-9-2-5-14-11(6-9)8-15(21-14)16(20-19)10-3-4-12(17)13(18)7-10/h2-8,16,20H,19H2,1H3. The summed E-state index contributed by atoms with van der Waals surface area (Å²) in [5.41, 5.74) is 5.21. The highest BCUT2D eigenvalue weighted by Gasteiger charge is 2.18. The van der Waals surface area contributed by atoms with Gasteiger partial charge in [-0.3, -0.25) is 5.84 Å². The first kappa shape index (κ1) is 14.1. The fourth-order valence-electron chi connectivity index (χ4n) is 2.36. The second kappa shape index (κ2) is 5.48.